The first-order chi connectivity index (χ1) is 9.21. The molecule has 1 saturated carbocycles. The zero-order valence-corrected chi connectivity index (χ0v) is 12.9. The van der Waals surface area contributed by atoms with Crippen LogP contribution in [0.2, 0.25) is 0 Å². The van der Waals surface area contributed by atoms with E-state index in [1.54, 1.807) is 0 Å². The van der Waals surface area contributed by atoms with Crippen LogP contribution < -0.4 is 10.6 Å². The van der Waals surface area contributed by atoms with Crippen molar-refractivity contribution in [3.8, 4) is 0 Å². The summed E-state index contributed by atoms with van der Waals surface area (Å²) in [5.41, 5.74) is 0. The Morgan fingerprint density at radius 3 is 2.42 bits per heavy atom. The van der Waals surface area contributed by atoms with E-state index in [4.69, 9.17) is 0 Å². The average Bonchev–Trinajstić information content (AvgIpc) is 3.23. The smallest absolute Gasteiger partial charge is 0.132 e. The Morgan fingerprint density at radius 2 is 1.89 bits per heavy atom. The van der Waals surface area contributed by atoms with Gasteiger partial charge in [0.25, 0.3) is 0 Å². The van der Waals surface area contributed by atoms with Crippen LogP contribution in [0.15, 0.2) is 6.07 Å². The first kappa shape index (κ1) is 14.4. The van der Waals surface area contributed by atoms with Crippen LogP contribution in [0.25, 0.3) is 0 Å². The van der Waals surface area contributed by atoms with Crippen molar-refractivity contribution in [1.82, 2.24) is 9.97 Å². The van der Waals surface area contributed by atoms with Crippen LogP contribution >= 0.6 is 11.8 Å². The van der Waals surface area contributed by atoms with Crippen LogP contribution in [0.5, 0.6) is 0 Å². The Balaban J connectivity index is 2.01. The summed E-state index contributed by atoms with van der Waals surface area (Å²) in [5.74, 6) is 2.79. The summed E-state index contributed by atoms with van der Waals surface area (Å²) < 4.78 is 0.453. The van der Waals surface area contributed by atoms with Gasteiger partial charge >= 0.3 is 0 Å². The van der Waals surface area contributed by atoms with Gasteiger partial charge in [-0.1, -0.05) is 13.8 Å². The molecule has 0 aromatic carbocycles. The first-order valence-electron chi connectivity index (χ1n) is 7.12. The summed E-state index contributed by atoms with van der Waals surface area (Å²) in [5, 5.41) is 6.82. The summed E-state index contributed by atoms with van der Waals surface area (Å²) in [6, 6.07) is 2.02. The van der Waals surface area contributed by atoms with Gasteiger partial charge in [-0.25, -0.2) is 9.97 Å². The SMILES string of the molecule is CCCNc1cc(NCC2(SC)CC2)nc(CC)n1. The molecule has 0 spiro atoms. The molecular weight excluding hydrogens is 256 g/mol. The summed E-state index contributed by atoms with van der Waals surface area (Å²) in [7, 11) is 0. The van der Waals surface area contributed by atoms with Crippen LogP contribution in [0.1, 0.15) is 38.9 Å². The van der Waals surface area contributed by atoms with Gasteiger partial charge in [0.15, 0.2) is 0 Å². The molecule has 0 radical (unpaired) electrons. The topological polar surface area (TPSA) is 49.8 Å². The molecule has 5 heteroatoms. The van der Waals surface area contributed by atoms with E-state index in [9.17, 15) is 0 Å². The molecule has 0 atom stereocenters. The molecule has 0 unspecified atom stereocenters. The highest BCUT2D eigenvalue weighted by molar-refractivity contribution is 8.00. The fourth-order valence-electron chi connectivity index (χ4n) is 1.93. The van der Waals surface area contributed by atoms with Crippen molar-refractivity contribution in [3.05, 3.63) is 11.9 Å². The Bertz CT molecular complexity index is 418. The van der Waals surface area contributed by atoms with Gasteiger partial charge < -0.3 is 10.6 Å². The number of nitrogens with zero attached hydrogens (tertiary/aromatic N) is 2. The van der Waals surface area contributed by atoms with Crippen molar-refractivity contribution < 1.29 is 0 Å². The minimum atomic E-state index is 0.453. The predicted octanol–water partition coefficient (Wildman–Crippen LogP) is 3.17. The zero-order chi connectivity index (χ0) is 13.7. The van der Waals surface area contributed by atoms with Crippen molar-refractivity contribution >= 4 is 23.4 Å². The van der Waals surface area contributed by atoms with Gasteiger partial charge in [0, 0.05) is 30.3 Å². The molecular formula is C14H24N4S. The molecule has 0 amide bonds. The minimum Gasteiger partial charge on any atom is -0.370 e. The molecule has 1 fully saturated rings. The van der Waals surface area contributed by atoms with Gasteiger partial charge in [0.2, 0.25) is 0 Å². The monoisotopic (exact) mass is 280 g/mol. The molecule has 1 aromatic heterocycles. The highest BCUT2D eigenvalue weighted by atomic mass is 32.2. The second-order valence-corrected chi connectivity index (χ2v) is 6.35. The van der Waals surface area contributed by atoms with Crippen molar-refractivity contribution in [3.63, 3.8) is 0 Å². The lowest BCUT2D eigenvalue weighted by molar-refractivity contribution is 0.896. The maximum atomic E-state index is 4.55. The van der Waals surface area contributed by atoms with Crippen molar-refractivity contribution in [2.24, 2.45) is 0 Å². The van der Waals surface area contributed by atoms with Crippen molar-refractivity contribution in [2.45, 2.75) is 44.3 Å². The lowest BCUT2D eigenvalue weighted by Gasteiger charge is -2.15. The maximum absolute atomic E-state index is 4.55. The minimum absolute atomic E-state index is 0.453. The van der Waals surface area contributed by atoms with Crippen LogP contribution in [0.4, 0.5) is 11.6 Å². The van der Waals surface area contributed by atoms with Gasteiger partial charge in [-0.2, -0.15) is 11.8 Å². The Hall–Kier alpha value is -0.970. The zero-order valence-electron chi connectivity index (χ0n) is 12.1. The summed E-state index contributed by atoms with van der Waals surface area (Å²) in [6.45, 7) is 6.20. The standard InChI is InChI=1S/C14H24N4S/c1-4-8-15-12-9-13(18-11(5-2)17-12)16-10-14(19-3)6-7-14/h9H,4-8,10H2,1-3H3,(H2,15,16,17,18). The molecule has 1 aliphatic rings. The van der Waals surface area contributed by atoms with E-state index < -0.39 is 0 Å². The molecule has 0 aliphatic heterocycles. The van der Waals surface area contributed by atoms with Gasteiger partial charge in [-0.05, 0) is 25.5 Å². The number of hydrogen-bond donors (Lipinski definition) is 2. The second kappa shape index (κ2) is 6.46. The normalized spacial score (nSPS) is 16.2. The number of anilines is 2. The third-order valence-electron chi connectivity index (χ3n) is 3.48. The maximum Gasteiger partial charge on any atom is 0.132 e. The van der Waals surface area contributed by atoms with Crippen LogP contribution in [0, 0.1) is 0 Å². The number of aryl methyl sites for hydroxylation is 1. The van der Waals surface area contributed by atoms with E-state index in [0.29, 0.717) is 4.75 Å². The van der Waals surface area contributed by atoms with Crippen molar-refractivity contribution in [1.29, 1.82) is 0 Å². The molecule has 1 aliphatic carbocycles. The van der Waals surface area contributed by atoms with E-state index in [1.165, 1.54) is 12.8 Å². The van der Waals surface area contributed by atoms with Crippen LogP contribution in [-0.2, 0) is 6.42 Å². The van der Waals surface area contributed by atoms with E-state index >= 15 is 0 Å². The first-order valence-corrected chi connectivity index (χ1v) is 8.34. The van der Waals surface area contributed by atoms with Crippen LogP contribution in [0.3, 0.4) is 0 Å². The lowest BCUT2D eigenvalue weighted by Crippen LogP contribution is -2.19. The third-order valence-corrected chi connectivity index (χ3v) is 4.90. The molecule has 0 saturated heterocycles. The Morgan fingerprint density at radius 1 is 1.21 bits per heavy atom. The third kappa shape index (κ3) is 4.00. The van der Waals surface area contributed by atoms with E-state index in [1.807, 2.05) is 17.8 Å². The highest BCUT2D eigenvalue weighted by Gasteiger charge is 2.41. The molecule has 1 heterocycles. The quantitative estimate of drug-likeness (QED) is 0.766. The van der Waals surface area contributed by atoms with E-state index in [0.717, 1.165) is 43.4 Å². The van der Waals surface area contributed by atoms with Gasteiger partial charge in [0.05, 0.1) is 0 Å². The van der Waals surface area contributed by atoms with Crippen molar-refractivity contribution in [2.75, 3.05) is 30.0 Å². The van der Waals surface area contributed by atoms with E-state index in [2.05, 4.69) is 40.7 Å². The molecule has 19 heavy (non-hydrogen) atoms. The number of rotatable bonds is 8. The fourth-order valence-corrected chi connectivity index (χ4v) is 2.66. The highest BCUT2D eigenvalue weighted by Crippen LogP contribution is 2.46. The molecule has 106 valence electrons. The molecule has 4 nitrogen and oxygen atoms in total. The summed E-state index contributed by atoms with van der Waals surface area (Å²) in [6.07, 6.45) is 6.79. The van der Waals surface area contributed by atoms with Crippen LogP contribution in [-0.4, -0.2) is 34.1 Å². The lowest BCUT2D eigenvalue weighted by atomic mass is 10.3. The second-order valence-electron chi connectivity index (χ2n) is 5.08. The Labute approximate surface area is 120 Å². The summed E-state index contributed by atoms with van der Waals surface area (Å²) in [4.78, 5) is 9.06. The molecule has 0 bridgehead atoms. The largest absolute Gasteiger partial charge is 0.370 e. The number of hydrogen-bond acceptors (Lipinski definition) is 5. The van der Waals surface area contributed by atoms with E-state index in [-0.39, 0.29) is 0 Å². The Kier molecular flexibility index (Phi) is 4.91. The number of aromatic nitrogens is 2. The van der Waals surface area contributed by atoms with Gasteiger partial charge in [-0.15, -0.1) is 0 Å². The molecule has 1 aromatic rings. The average molecular weight is 280 g/mol. The molecule has 2 N–H and O–H groups in total. The number of nitrogens with one attached hydrogen (secondary N) is 2. The molecule has 2 rings (SSSR count). The predicted molar refractivity (Wildman–Crippen MR) is 84.2 cm³/mol. The summed E-state index contributed by atoms with van der Waals surface area (Å²) >= 11 is 1.96. The fraction of sp³-hybridized carbons (Fsp3) is 0.714. The number of thioether (sulfide) groups is 1. The van der Waals surface area contributed by atoms with Gasteiger partial charge in [-0.3, -0.25) is 0 Å². The van der Waals surface area contributed by atoms with Gasteiger partial charge in [0.1, 0.15) is 17.5 Å².